The average Bonchev–Trinajstić information content (AvgIpc) is 3.28. The van der Waals surface area contributed by atoms with Gasteiger partial charge in [0.05, 0.1) is 5.69 Å². The summed E-state index contributed by atoms with van der Waals surface area (Å²) in [5.74, 6) is 1.09. The molecule has 3 heterocycles. The van der Waals surface area contributed by atoms with E-state index in [1.807, 2.05) is 58.1 Å². The van der Waals surface area contributed by atoms with E-state index in [9.17, 15) is 4.79 Å². The van der Waals surface area contributed by atoms with Gasteiger partial charge in [-0.3, -0.25) is 4.79 Å². The second kappa shape index (κ2) is 7.64. The molecule has 28 heavy (non-hydrogen) atoms. The predicted octanol–water partition coefficient (Wildman–Crippen LogP) is 3.03. The van der Waals surface area contributed by atoms with Crippen molar-refractivity contribution >= 4 is 11.6 Å². The number of hydrogen-bond acceptors (Lipinski definition) is 4. The van der Waals surface area contributed by atoms with Crippen LogP contribution in [0.5, 0.6) is 5.75 Å². The summed E-state index contributed by atoms with van der Waals surface area (Å²) in [6, 6.07) is 11.6. The van der Waals surface area contributed by atoms with Crippen molar-refractivity contribution in [2.75, 3.05) is 13.1 Å². The van der Waals surface area contributed by atoms with E-state index in [2.05, 4.69) is 18.8 Å². The number of nitrogens with zero attached hydrogens (tertiary/aromatic N) is 3. The van der Waals surface area contributed by atoms with Gasteiger partial charge in [-0.1, -0.05) is 12.1 Å². The lowest BCUT2D eigenvalue weighted by Crippen LogP contribution is -2.34. The molecule has 6 nitrogen and oxygen atoms in total. The zero-order valence-corrected chi connectivity index (χ0v) is 16.3. The topological polar surface area (TPSA) is 72.9 Å². The summed E-state index contributed by atoms with van der Waals surface area (Å²) in [6.07, 6.45) is 4.97. The van der Waals surface area contributed by atoms with Crippen molar-refractivity contribution in [3.8, 4) is 5.75 Å². The van der Waals surface area contributed by atoms with E-state index in [1.54, 1.807) is 0 Å². The van der Waals surface area contributed by atoms with E-state index < -0.39 is 0 Å². The van der Waals surface area contributed by atoms with Crippen LogP contribution in [0.1, 0.15) is 35.0 Å². The first-order chi connectivity index (χ1) is 13.5. The Labute approximate surface area is 164 Å². The molecule has 1 aliphatic heterocycles. The fourth-order valence-corrected chi connectivity index (χ4v) is 3.86. The number of carbonyl (C=O) groups is 1. The summed E-state index contributed by atoms with van der Waals surface area (Å²) in [5, 5.41) is 0. The van der Waals surface area contributed by atoms with Crippen molar-refractivity contribution in [1.82, 2.24) is 14.3 Å². The van der Waals surface area contributed by atoms with Crippen LogP contribution in [0.4, 0.5) is 0 Å². The van der Waals surface area contributed by atoms with E-state index in [0.29, 0.717) is 30.4 Å². The quantitative estimate of drug-likeness (QED) is 0.741. The molecule has 2 N–H and O–H groups in total. The number of likely N-dealkylation sites (tertiary alicyclic amines) is 1. The minimum atomic E-state index is 0.0390. The van der Waals surface area contributed by atoms with Gasteiger partial charge in [0.2, 0.25) is 0 Å². The molecule has 0 saturated carbocycles. The summed E-state index contributed by atoms with van der Waals surface area (Å²) in [4.78, 5) is 19.4. The van der Waals surface area contributed by atoms with Crippen LogP contribution in [-0.4, -0.2) is 39.3 Å². The fraction of sp³-hybridized carbons (Fsp3) is 0.364. The number of imidazole rings is 1. The molecule has 2 unspecified atom stereocenters. The van der Waals surface area contributed by atoms with E-state index in [-0.39, 0.29) is 11.9 Å². The van der Waals surface area contributed by atoms with Crippen LogP contribution >= 0.6 is 0 Å². The second-order valence-electron chi connectivity index (χ2n) is 7.66. The van der Waals surface area contributed by atoms with Gasteiger partial charge >= 0.3 is 0 Å². The van der Waals surface area contributed by atoms with Crippen molar-refractivity contribution in [3.05, 3.63) is 65.6 Å². The molecule has 3 aromatic rings. The molecule has 1 aromatic carbocycles. The van der Waals surface area contributed by atoms with Gasteiger partial charge in [0.1, 0.15) is 18.0 Å². The largest absolute Gasteiger partial charge is 0.487 e. The number of nitrogens with two attached hydrogens (primary N) is 1. The van der Waals surface area contributed by atoms with Gasteiger partial charge in [0.25, 0.3) is 5.91 Å². The van der Waals surface area contributed by atoms with Crippen LogP contribution in [0, 0.1) is 12.8 Å². The number of rotatable bonds is 5. The van der Waals surface area contributed by atoms with E-state index >= 15 is 0 Å². The van der Waals surface area contributed by atoms with Crippen molar-refractivity contribution < 1.29 is 9.53 Å². The van der Waals surface area contributed by atoms with Gasteiger partial charge in [-0.15, -0.1) is 0 Å². The first-order valence-electron chi connectivity index (χ1n) is 9.71. The number of amides is 1. The maximum Gasteiger partial charge on any atom is 0.254 e. The lowest BCUT2D eigenvalue weighted by atomic mass is 10.1. The molecule has 0 radical (unpaired) electrons. The molecule has 0 bridgehead atoms. The molecule has 2 atom stereocenters. The molecule has 0 spiro atoms. The number of aryl methyl sites for hydroxylation is 1. The highest BCUT2D eigenvalue weighted by molar-refractivity contribution is 5.95. The summed E-state index contributed by atoms with van der Waals surface area (Å²) in [6.45, 7) is 5.83. The number of pyridine rings is 1. The smallest absolute Gasteiger partial charge is 0.254 e. The second-order valence-corrected chi connectivity index (χ2v) is 7.66. The third kappa shape index (κ3) is 3.73. The first kappa shape index (κ1) is 18.5. The number of aromatic nitrogens is 2. The van der Waals surface area contributed by atoms with Gasteiger partial charge < -0.3 is 19.8 Å². The Hall–Kier alpha value is -2.86. The first-order valence-corrected chi connectivity index (χ1v) is 9.71. The van der Waals surface area contributed by atoms with Gasteiger partial charge in [-0.2, -0.15) is 0 Å². The van der Waals surface area contributed by atoms with Crippen LogP contribution in [0.3, 0.4) is 0 Å². The number of ether oxygens (including phenoxy) is 1. The van der Waals surface area contributed by atoms with Crippen molar-refractivity contribution in [1.29, 1.82) is 0 Å². The molecule has 146 valence electrons. The van der Waals surface area contributed by atoms with Gasteiger partial charge in [-0.25, -0.2) is 4.98 Å². The summed E-state index contributed by atoms with van der Waals surface area (Å²) in [5.41, 5.74) is 9.35. The van der Waals surface area contributed by atoms with Crippen molar-refractivity contribution in [3.63, 3.8) is 0 Å². The molecule has 0 aliphatic carbocycles. The molecular weight excluding hydrogens is 352 g/mol. The van der Waals surface area contributed by atoms with Crippen molar-refractivity contribution in [2.45, 2.75) is 32.9 Å². The predicted molar refractivity (Wildman–Crippen MR) is 108 cm³/mol. The number of carbonyl (C=O) groups excluding carboxylic acids is 1. The van der Waals surface area contributed by atoms with Gasteiger partial charge in [0.15, 0.2) is 0 Å². The summed E-state index contributed by atoms with van der Waals surface area (Å²) < 4.78 is 7.90. The highest BCUT2D eigenvalue weighted by Gasteiger charge is 2.32. The van der Waals surface area contributed by atoms with Gasteiger partial charge in [0, 0.05) is 30.5 Å². The van der Waals surface area contributed by atoms with Gasteiger partial charge in [-0.05, 0) is 62.6 Å². The zero-order chi connectivity index (χ0) is 19.7. The van der Waals surface area contributed by atoms with Crippen LogP contribution in [0.15, 0.2) is 48.8 Å². The van der Waals surface area contributed by atoms with Crippen LogP contribution in [0.2, 0.25) is 0 Å². The summed E-state index contributed by atoms with van der Waals surface area (Å²) in [7, 11) is 0. The molecule has 1 aliphatic rings. The molecule has 1 amide bonds. The third-order valence-electron chi connectivity index (χ3n) is 5.37. The third-order valence-corrected chi connectivity index (χ3v) is 5.37. The Bertz CT molecular complexity index is 997. The highest BCUT2D eigenvalue weighted by atomic mass is 16.5. The monoisotopic (exact) mass is 378 g/mol. The Morgan fingerprint density at radius 2 is 2.14 bits per heavy atom. The standard InChI is InChI=1S/C22H26N4O2/c1-15-6-7-21-24-19(13-25(21)11-15)14-28-20-5-3-4-18(9-20)22(27)26-12-17(10-23)8-16(26)2/h3-7,9,11,13,16-17H,8,10,12,14,23H2,1-2H3. The maximum absolute atomic E-state index is 12.9. The Morgan fingerprint density at radius 3 is 2.93 bits per heavy atom. The Morgan fingerprint density at radius 1 is 1.29 bits per heavy atom. The minimum absolute atomic E-state index is 0.0390. The van der Waals surface area contributed by atoms with Crippen LogP contribution < -0.4 is 10.5 Å². The molecule has 1 saturated heterocycles. The molecule has 4 rings (SSSR count). The molecule has 2 aromatic heterocycles. The van der Waals surface area contributed by atoms with Crippen LogP contribution in [0.25, 0.3) is 5.65 Å². The lowest BCUT2D eigenvalue weighted by molar-refractivity contribution is 0.0743. The van der Waals surface area contributed by atoms with Crippen molar-refractivity contribution in [2.24, 2.45) is 11.7 Å². The van der Waals surface area contributed by atoms with E-state index in [0.717, 1.165) is 24.3 Å². The molecule has 6 heteroatoms. The summed E-state index contributed by atoms with van der Waals surface area (Å²) >= 11 is 0. The molecular formula is C22H26N4O2. The normalized spacial score (nSPS) is 19.3. The van der Waals surface area contributed by atoms with E-state index in [4.69, 9.17) is 10.5 Å². The van der Waals surface area contributed by atoms with E-state index in [1.165, 1.54) is 5.56 Å². The zero-order valence-electron chi connectivity index (χ0n) is 16.3. The Balaban J connectivity index is 1.45. The lowest BCUT2D eigenvalue weighted by Gasteiger charge is -2.21. The number of hydrogen-bond donors (Lipinski definition) is 1. The minimum Gasteiger partial charge on any atom is -0.487 e. The molecule has 1 fully saturated rings. The van der Waals surface area contributed by atoms with Crippen LogP contribution in [-0.2, 0) is 6.61 Å². The average molecular weight is 378 g/mol. The Kier molecular flexibility index (Phi) is 5.05. The SMILES string of the molecule is Cc1ccc2nc(COc3cccc(C(=O)N4CC(CN)CC4C)c3)cn2c1. The number of fused-ring (bicyclic) bond motifs is 1. The number of benzene rings is 1. The fourth-order valence-electron chi connectivity index (χ4n) is 3.86. The highest BCUT2D eigenvalue weighted by Crippen LogP contribution is 2.25. The maximum atomic E-state index is 12.9.